The molecule has 0 aliphatic carbocycles. The largest absolute Gasteiger partial charge is 0.508 e. The number of rotatable bonds is 16. The van der Waals surface area contributed by atoms with E-state index in [1.54, 1.807) is 43.3 Å². The molecule has 1 heterocycles. The molecule has 0 saturated carbocycles. The Balaban J connectivity index is 1.33. The zero-order valence-electron chi connectivity index (χ0n) is 24.2. The van der Waals surface area contributed by atoms with Gasteiger partial charge in [0.2, 0.25) is 0 Å². The van der Waals surface area contributed by atoms with Gasteiger partial charge < -0.3 is 30.1 Å². The number of aromatic nitrogens is 1. The van der Waals surface area contributed by atoms with Crippen molar-refractivity contribution in [3.63, 3.8) is 0 Å². The second kappa shape index (κ2) is 15.2. The summed E-state index contributed by atoms with van der Waals surface area (Å²) in [5, 5.41) is 40.7. The van der Waals surface area contributed by atoms with Crippen LogP contribution in [0, 0.1) is 0 Å². The number of unbranched alkanes of at least 4 members (excludes halogenated alkanes) is 3. The summed E-state index contributed by atoms with van der Waals surface area (Å²) < 4.78 is 5.97. The SMILES string of the molecule is CC(O)CCCCCC=CC(=O)CCc1ccc(O)c(OCCc2ccc(O)cc2-c2cc(CO)c3[nH]ccc3c2)c1. The number of fused-ring (bicyclic) bond motifs is 1. The molecular formula is C35H41NO6. The van der Waals surface area contributed by atoms with Gasteiger partial charge in [0.1, 0.15) is 5.75 Å². The molecule has 0 spiro atoms. The lowest BCUT2D eigenvalue weighted by molar-refractivity contribution is -0.114. The summed E-state index contributed by atoms with van der Waals surface area (Å²) in [6.07, 6.45) is 11.3. The van der Waals surface area contributed by atoms with Crippen LogP contribution in [0.1, 0.15) is 62.1 Å². The molecule has 0 amide bonds. The molecule has 4 aromatic rings. The molecule has 222 valence electrons. The number of aliphatic hydroxyl groups excluding tert-OH is 2. The summed E-state index contributed by atoms with van der Waals surface area (Å²) in [4.78, 5) is 15.5. The Morgan fingerprint density at radius 1 is 0.976 bits per heavy atom. The fraction of sp³-hybridized carbons (Fsp3) is 0.343. The zero-order chi connectivity index (χ0) is 29.9. The third kappa shape index (κ3) is 8.71. The van der Waals surface area contributed by atoms with Crippen molar-refractivity contribution in [2.45, 2.75) is 71.0 Å². The number of ether oxygens (including phenoxy) is 1. The van der Waals surface area contributed by atoms with Gasteiger partial charge in [0.05, 0.1) is 24.8 Å². The van der Waals surface area contributed by atoms with E-state index < -0.39 is 0 Å². The smallest absolute Gasteiger partial charge is 0.161 e. The maximum atomic E-state index is 12.3. The molecular weight excluding hydrogens is 530 g/mol. The zero-order valence-corrected chi connectivity index (χ0v) is 24.2. The molecule has 0 radical (unpaired) electrons. The molecule has 4 rings (SSSR count). The van der Waals surface area contributed by atoms with Crippen molar-refractivity contribution in [1.82, 2.24) is 4.98 Å². The summed E-state index contributed by atoms with van der Waals surface area (Å²) in [7, 11) is 0. The number of ketones is 1. The molecule has 5 N–H and O–H groups in total. The molecule has 7 nitrogen and oxygen atoms in total. The summed E-state index contributed by atoms with van der Waals surface area (Å²) >= 11 is 0. The molecule has 0 bridgehead atoms. The van der Waals surface area contributed by atoms with E-state index in [4.69, 9.17) is 4.74 Å². The van der Waals surface area contributed by atoms with Crippen molar-refractivity contribution in [2.75, 3.05) is 6.61 Å². The van der Waals surface area contributed by atoms with E-state index >= 15 is 0 Å². The maximum Gasteiger partial charge on any atom is 0.161 e. The summed E-state index contributed by atoms with van der Waals surface area (Å²) in [5.74, 6) is 0.620. The molecule has 3 aromatic carbocycles. The van der Waals surface area contributed by atoms with Crippen LogP contribution >= 0.6 is 0 Å². The molecule has 1 unspecified atom stereocenters. The fourth-order valence-corrected chi connectivity index (χ4v) is 5.13. The number of phenols is 2. The molecule has 1 atom stereocenters. The van der Waals surface area contributed by atoms with Crippen molar-refractivity contribution in [3.8, 4) is 28.4 Å². The lowest BCUT2D eigenvalue weighted by Crippen LogP contribution is -2.04. The number of nitrogens with one attached hydrogen (secondary N) is 1. The lowest BCUT2D eigenvalue weighted by Gasteiger charge is -2.14. The van der Waals surface area contributed by atoms with Gasteiger partial charge in [-0.1, -0.05) is 31.1 Å². The standard InChI is InChI=1S/C35H41NO6/c1-24(38)7-5-3-2-4-6-8-30(39)12-9-25-10-14-33(41)34(19-25)42-18-16-26-11-13-31(40)22-32(26)28-20-27-15-17-36-35(27)29(21-28)23-37/h6,8,10-11,13-15,17,19-22,24,36-38,40-41H,2-5,7,9,12,16,18,23H2,1H3. The van der Waals surface area contributed by atoms with Crippen LogP contribution in [-0.2, 0) is 24.2 Å². The highest BCUT2D eigenvalue weighted by Crippen LogP contribution is 2.33. The number of aromatic hydroxyl groups is 2. The van der Waals surface area contributed by atoms with Crippen LogP contribution in [0.5, 0.6) is 17.2 Å². The minimum absolute atomic E-state index is 0.0389. The van der Waals surface area contributed by atoms with Crippen molar-refractivity contribution < 1.29 is 30.0 Å². The molecule has 0 aliphatic heterocycles. The average Bonchev–Trinajstić information content (AvgIpc) is 3.46. The van der Waals surface area contributed by atoms with Crippen LogP contribution in [0.3, 0.4) is 0 Å². The van der Waals surface area contributed by atoms with E-state index in [9.17, 15) is 25.2 Å². The molecule has 7 heteroatoms. The third-order valence-electron chi connectivity index (χ3n) is 7.43. The Morgan fingerprint density at radius 3 is 2.64 bits per heavy atom. The average molecular weight is 572 g/mol. The number of hydrogen-bond donors (Lipinski definition) is 5. The number of phenolic OH excluding ortho intramolecular Hbond substituents is 2. The molecule has 0 aliphatic rings. The number of aryl methyl sites for hydroxylation is 1. The van der Waals surface area contributed by atoms with Crippen LogP contribution in [0.4, 0.5) is 0 Å². The highest BCUT2D eigenvalue weighted by atomic mass is 16.5. The van der Waals surface area contributed by atoms with Crippen LogP contribution in [0.2, 0.25) is 0 Å². The highest BCUT2D eigenvalue weighted by Gasteiger charge is 2.12. The summed E-state index contributed by atoms with van der Waals surface area (Å²) in [5.41, 5.74) is 5.27. The van der Waals surface area contributed by atoms with Crippen LogP contribution in [0.15, 0.2) is 72.9 Å². The number of carbonyl (C=O) groups is 1. The van der Waals surface area contributed by atoms with Gasteiger partial charge in [0.15, 0.2) is 17.3 Å². The number of carbonyl (C=O) groups excluding carboxylic acids is 1. The van der Waals surface area contributed by atoms with Gasteiger partial charge in [0, 0.05) is 30.0 Å². The van der Waals surface area contributed by atoms with Gasteiger partial charge in [-0.05, 0) is 103 Å². The van der Waals surface area contributed by atoms with Crippen molar-refractivity contribution in [2.24, 2.45) is 0 Å². The Morgan fingerprint density at radius 2 is 1.83 bits per heavy atom. The Labute approximate surface area is 247 Å². The highest BCUT2D eigenvalue weighted by molar-refractivity contribution is 5.90. The van der Waals surface area contributed by atoms with Gasteiger partial charge in [0.25, 0.3) is 0 Å². The normalized spacial score (nSPS) is 12.3. The third-order valence-corrected chi connectivity index (χ3v) is 7.43. The number of H-pyrrole nitrogens is 1. The van der Waals surface area contributed by atoms with E-state index in [0.29, 0.717) is 31.6 Å². The van der Waals surface area contributed by atoms with E-state index in [0.717, 1.165) is 70.8 Å². The van der Waals surface area contributed by atoms with Crippen molar-refractivity contribution >= 4 is 16.7 Å². The van der Waals surface area contributed by atoms with Gasteiger partial charge in [-0.2, -0.15) is 0 Å². The van der Waals surface area contributed by atoms with E-state index in [1.165, 1.54) is 0 Å². The van der Waals surface area contributed by atoms with Gasteiger partial charge in [-0.25, -0.2) is 0 Å². The lowest BCUT2D eigenvalue weighted by atomic mass is 9.95. The molecule has 1 aromatic heterocycles. The quantitative estimate of drug-likeness (QED) is 0.0749. The van der Waals surface area contributed by atoms with Crippen LogP contribution in [-0.4, -0.2) is 43.9 Å². The Kier molecular flexibility index (Phi) is 11.2. The fourth-order valence-electron chi connectivity index (χ4n) is 5.13. The van der Waals surface area contributed by atoms with Gasteiger partial charge in [-0.3, -0.25) is 4.79 Å². The first-order valence-corrected chi connectivity index (χ1v) is 14.7. The topological polar surface area (TPSA) is 123 Å². The van der Waals surface area contributed by atoms with Crippen molar-refractivity contribution in [1.29, 1.82) is 0 Å². The second-order valence-electron chi connectivity index (χ2n) is 10.8. The van der Waals surface area contributed by atoms with E-state index in [-0.39, 0.29) is 30.0 Å². The van der Waals surface area contributed by atoms with Gasteiger partial charge >= 0.3 is 0 Å². The summed E-state index contributed by atoms with van der Waals surface area (Å²) in [6, 6.07) is 16.3. The predicted octanol–water partition coefficient (Wildman–Crippen LogP) is 6.75. The number of aromatic amines is 1. The molecule has 0 saturated heterocycles. The number of aliphatic hydroxyl groups is 2. The van der Waals surface area contributed by atoms with Crippen molar-refractivity contribution in [3.05, 3.63) is 89.6 Å². The van der Waals surface area contributed by atoms with Gasteiger partial charge in [-0.15, -0.1) is 0 Å². The van der Waals surface area contributed by atoms with Crippen LogP contribution < -0.4 is 4.74 Å². The maximum absolute atomic E-state index is 12.3. The number of hydrogen-bond acceptors (Lipinski definition) is 6. The van der Waals surface area contributed by atoms with E-state index in [1.807, 2.05) is 36.5 Å². The Bertz CT molecular complexity index is 1500. The molecule has 0 fully saturated rings. The first-order chi connectivity index (χ1) is 20.3. The predicted molar refractivity (Wildman–Crippen MR) is 166 cm³/mol. The second-order valence-corrected chi connectivity index (χ2v) is 10.8. The minimum Gasteiger partial charge on any atom is -0.508 e. The Hall–Kier alpha value is -4.07. The number of allylic oxidation sites excluding steroid dienone is 2. The minimum atomic E-state index is -0.252. The van der Waals surface area contributed by atoms with E-state index in [2.05, 4.69) is 4.98 Å². The molecule has 42 heavy (non-hydrogen) atoms. The van der Waals surface area contributed by atoms with Crippen LogP contribution in [0.25, 0.3) is 22.0 Å². The number of benzene rings is 3. The monoisotopic (exact) mass is 571 g/mol. The summed E-state index contributed by atoms with van der Waals surface area (Å²) in [6.45, 7) is 1.99. The first kappa shape index (κ1) is 30.9. The first-order valence-electron chi connectivity index (χ1n) is 14.7.